The molecule has 0 fully saturated rings. The Hall–Kier alpha value is 1.14. The summed E-state index contributed by atoms with van der Waals surface area (Å²) in [5.41, 5.74) is 3.86. The fraction of sp³-hybridized carbons (Fsp3) is 0.500. The summed E-state index contributed by atoms with van der Waals surface area (Å²) in [7, 11) is -3.16. The molecule has 0 N–H and O–H groups in total. The van der Waals surface area contributed by atoms with E-state index in [1.165, 1.54) is 0 Å². The molecule has 6 heteroatoms. The van der Waals surface area contributed by atoms with Crippen molar-refractivity contribution in [2.75, 3.05) is 0 Å². The van der Waals surface area contributed by atoms with Crippen molar-refractivity contribution in [2.24, 2.45) is 0 Å². The molecule has 0 aromatic rings. The van der Waals surface area contributed by atoms with Crippen LogP contribution in [0.4, 0.5) is 0 Å². The Morgan fingerprint density at radius 1 is 0.929 bits per heavy atom. The fourth-order valence-corrected chi connectivity index (χ4v) is 6.94. The van der Waals surface area contributed by atoms with E-state index in [0.29, 0.717) is 0 Å². The Bertz CT molecular complexity index is 163. The second kappa shape index (κ2) is 9.37. The molecular weight excluding hydrogens is 434 g/mol. The summed E-state index contributed by atoms with van der Waals surface area (Å²) >= 11 is 0. The van der Waals surface area contributed by atoms with Crippen LogP contribution in [-0.4, -0.2) is 16.6 Å². The predicted octanol–water partition coefficient (Wildman–Crippen LogP) is -3.13. The maximum absolute atomic E-state index is 5.97. The summed E-state index contributed by atoms with van der Waals surface area (Å²) in [5, 5.41) is 0. The van der Waals surface area contributed by atoms with E-state index >= 15 is 0 Å². The standard InChI is InChI=1S/C8H18OSi2.2ClH.Pt/c1-7-11(6,8-2)9-10(3,4)5;;;/h7-8H,1-2H2,3-6H3;2*1H;/q;;;+2/p-2. The van der Waals surface area contributed by atoms with Crippen molar-refractivity contribution >= 4 is 16.6 Å². The molecule has 14 heavy (non-hydrogen) atoms. The summed E-state index contributed by atoms with van der Waals surface area (Å²) in [5.74, 6) is 0. The van der Waals surface area contributed by atoms with Gasteiger partial charge >= 0.3 is 21.1 Å². The average molecular weight is 452 g/mol. The van der Waals surface area contributed by atoms with Crippen molar-refractivity contribution in [3.05, 3.63) is 24.6 Å². The Labute approximate surface area is 117 Å². The molecule has 0 aliphatic rings. The summed E-state index contributed by atoms with van der Waals surface area (Å²) in [6.07, 6.45) is 0. The van der Waals surface area contributed by atoms with Crippen molar-refractivity contribution < 1.29 is 50.0 Å². The van der Waals surface area contributed by atoms with E-state index in [9.17, 15) is 0 Å². The maximum Gasteiger partial charge on any atom is 2.00 e. The van der Waals surface area contributed by atoms with Crippen molar-refractivity contribution in [2.45, 2.75) is 26.2 Å². The normalized spacial score (nSPS) is 10.0. The zero-order valence-corrected chi connectivity index (χ0v) is 14.8. The van der Waals surface area contributed by atoms with Crippen LogP contribution in [-0.2, 0) is 25.2 Å². The van der Waals surface area contributed by atoms with Gasteiger partial charge in [0.15, 0.2) is 8.32 Å². The first-order valence-electron chi connectivity index (χ1n) is 3.80. The largest absolute Gasteiger partial charge is 2.00 e. The predicted molar refractivity (Wildman–Crippen MR) is 56.4 cm³/mol. The average Bonchev–Trinajstić information content (AvgIpc) is 1.84. The SMILES string of the molecule is C=C[Si](C)(C=C)O[Si](C)(C)C.[Cl-].[Cl-].[Pt+2]. The molecule has 0 bridgehead atoms. The van der Waals surface area contributed by atoms with E-state index in [0.717, 1.165) is 0 Å². The number of hydrogen-bond donors (Lipinski definition) is 0. The van der Waals surface area contributed by atoms with Crippen LogP contribution in [0.3, 0.4) is 0 Å². The number of hydrogen-bond acceptors (Lipinski definition) is 1. The zero-order chi connectivity index (χ0) is 9.12. The minimum atomic E-state index is -1.74. The van der Waals surface area contributed by atoms with Gasteiger partial charge < -0.3 is 28.9 Å². The summed E-state index contributed by atoms with van der Waals surface area (Å²) in [6.45, 7) is 16.2. The molecule has 0 aromatic heterocycles. The fourth-order valence-electron chi connectivity index (χ4n) is 0.826. The molecule has 0 aliphatic heterocycles. The molecule has 0 aromatic carbocycles. The van der Waals surface area contributed by atoms with Crippen molar-refractivity contribution in [1.82, 2.24) is 0 Å². The molecule has 0 saturated heterocycles. The van der Waals surface area contributed by atoms with Gasteiger partial charge in [0.05, 0.1) is 0 Å². The minimum absolute atomic E-state index is 0. The monoisotopic (exact) mass is 451 g/mol. The van der Waals surface area contributed by atoms with Crippen LogP contribution < -0.4 is 24.8 Å². The molecule has 0 rings (SSSR count). The van der Waals surface area contributed by atoms with Crippen molar-refractivity contribution in [3.63, 3.8) is 0 Å². The van der Waals surface area contributed by atoms with Crippen LogP contribution >= 0.6 is 0 Å². The third-order valence-electron chi connectivity index (χ3n) is 1.34. The zero-order valence-electron chi connectivity index (χ0n) is 9.05. The smallest absolute Gasteiger partial charge is 1.00 e. The molecule has 88 valence electrons. The molecular formula is C8H18Cl2OPtSi2. The van der Waals surface area contributed by atoms with Crippen LogP contribution in [0.1, 0.15) is 0 Å². The van der Waals surface area contributed by atoms with Gasteiger partial charge in [-0.05, 0) is 26.2 Å². The third kappa shape index (κ3) is 11.2. The van der Waals surface area contributed by atoms with Crippen LogP contribution in [0.15, 0.2) is 24.6 Å². The summed E-state index contributed by atoms with van der Waals surface area (Å²) in [4.78, 5) is 0. The molecule has 0 amide bonds. The van der Waals surface area contributed by atoms with Crippen LogP contribution in [0, 0.1) is 0 Å². The van der Waals surface area contributed by atoms with Gasteiger partial charge in [0.2, 0.25) is 8.32 Å². The molecule has 1 nitrogen and oxygen atoms in total. The maximum atomic E-state index is 5.97. The Morgan fingerprint density at radius 2 is 1.21 bits per heavy atom. The van der Waals surface area contributed by atoms with Gasteiger partial charge in [-0.15, -0.1) is 13.2 Å². The van der Waals surface area contributed by atoms with E-state index in [1.807, 2.05) is 11.4 Å². The Morgan fingerprint density at radius 3 is 1.29 bits per heavy atom. The van der Waals surface area contributed by atoms with E-state index < -0.39 is 16.6 Å². The Balaban J connectivity index is -0.000000167. The van der Waals surface area contributed by atoms with Crippen molar-refractivity contribution in [3.8, 4) is 0 Å². The van der Waals surface area contributed by atoms with Crippen LogP contribution in [0.5, 0.6) is 0 Å². The first-order valence-corrected chi connectivity index (χ1v) is 9.77. The third-order valence-corrected chi connectivity index (χ3v) is 7.17. The quantitative estimate of drug-likeness (QED) is 0.410. The van der Waals surface area contributed by atoms with Gasteiger partial charge in [-0.2, -0.15) is 0 Å². The molecule has 0 heterocycles. The molecule has 0 atom stereocenters. The van der Waals surface area contributed by atoms with Crippen LogP contribution in [0.2, 0.25) is 26.2 Å². The topological polar surface area (TPSA) is 9.23 Å². The van der Waals surface area contributed by atoms with Gasteiger partial charge in [0.1, 0.15) is 0 Å². The second-order valence-electron chi connectivity index (χ2n) is 3.81. The second-order valence-corrected chi connectivity index (χ2v) is 12.0. The van der Waals surface area contributed by atoms with Gasteiger partial charge in [0, 0.05) is 0 Å². The molecule has 0 saturated carbocycles. The van der Waals surface area contributed by atoms with Gasteiger partial charge in [-0.3, -0.25) is 0 Å². The number of rotatable bonds is 4. The first kappa shape index (κ1) is 24.4. The molecule has 0 aliphatic carbocycles. The summed E-state index contributed by atoms with van der Waals surface area (Å²) < 4.78 is 5.97. The van der Waals surface area contributed by atoms with Crippen LogP contribution in [0.25, 0.3) is 0 Å². The van der Waals surface area contributed by atoms with Crippen molar-refractivity contribution in [1.29, 1.82) is 0 Å². The van der Waals surface area contributed by atoms with E-state index in [4.69, 9.17) is 4.12 Å². The van der Waals surface area contributed by atoms with Gasteiger partial charge in [-0.25, -0.2) is 0 Å². The Kier molecular flexibility index (Phi) is 16.3. The summed E-state index contributed by atoms with van der Waals surface area (Å²) in [6, 6.07) is 0. The van der Waals surface area contributed by atoms with E-state index in [-0.39, 0.29) is 45.9 Å². The van der Waals surface area contributed by atoms with Gasteiger partial charge in [-0.1, -0.05) is 11.4 Å². The minimum Gasteiger partial charge on any atom is -1.00 e. The molecule has 0 spiro atoms. The molecule has 0 unspecified atom stereocenters. The van der Waals surface area contributed by atoms with E-state index in [2.05, 4.69) is 39.3 Å². The first-order chi connectivity index (χ1) is 4.83. The number of halogens is 2. The van der Waals surface area contributed by atoms with E-state index in [1.54, 1.807) is 0 Å². The molecule has 0 radical (unpaired) electrons. The van der Waals surface area contributed by atoms with Gasteiger partial charge in [0.25, 0.3) is 0 Å².